The average molecular weight is 250 g/mol. The highest BCUT2D eigenvalue weighted by atomic mass is 35.5. The molecule has 0 unspecified atom stereocenters. The zero-order chi connectivity index (χ0) is 12.1. The fourth-order valence-corrected chi connectivity index (χ4v) is 1.66. The van der Waals surface area contributed by atoms with Gasteiger partial charge in [-0.15, -0.1) is 12.3 Å². The van der Waals surface area contributed by atoms with Crippen LogP contribution in [0.5, 0.6) is 0 Å². The Kier molecular flexibility index (Phi) is 3.78. The van der Waals surface area contributed by atoms with Crippen molar-refractivity contribution in [3.8, 4) is 12.3 Å². The molecule has 0 aliphatic carbocycles. The largest absolute Gasteiger partial charge is 0.368 e. The number of nitrogens with zero attached hydrogens (tertiary/aromatic N) is 3. The highest BCUT2D eigenvalue weighted by Gasteiger charge is 2.07. The molecule has 0 saturated heterocycles. The van der Waals surface area contributed by atoms with Crippen molar-refractivity contribution in [2.45, 2.75) is 19.3 Å². The third kappa shape index (κ3) is 2.86. The first-order valence-electron chi connectivity index (χ1n) is 5.35. The predicted octanol–water partition coefficient (Wildman–Crippen LogP) is 2.22. The molecule has 6 heteroatoms. The summed E-state index contributed by atoms with van der Waals surface area (Å²) in [5, 5.41) is 3.39. The Morgan fingerprint density at radius 3 is 3.12 bits per heavy atom. The van der Waals surface area contributed by atoms with Gasteiger partial charge in [0.15, 0.2) is 11.5 Å². The van der Waals surface area contributed by atoms with E-state index in [1.54, 1.807) is 6.33 Å². The maximum absolute atomic E-state index is 5.80. The van der Waals surface area contributed by atoms with Crippen molar-refractivity contribution in [3.63, 3.8) is 0 Å². The van der Waals surface area contributed by atoms with Crippen LogP contribution in [0.2, 0.25) is 5.28 Å². The number of hydrogen-bond acceptors (Lipinski definition) is 4. The summed E-state index contributed by atoms with van der Waals surface area (Å²) in [5.41, 5.74) is 1.34. The van der Waals surface area contributed by atoms with E-state index in [0.29, 0.717) is 11.5 Å². The zero-order valence-electron chi connectivity index (χ0n) is 9.20. The van der Waals surface area contributed by atoms with Crippen molar-refractivity contribution in [1.29, 1.82) is 0 Å². The molecule has 2 rings (SSSR count). The molecular formula is C11H12ClN5. The molecule has 0 fully saturated rings. The zero-order valence-corrected chi connectivity index (χ0v) is 9.96. The molecule has 0 saturated carbocycles. The van der Waals surface area contributed by atoms with Crippen LogP contribution in [0.3, 0.4) is 0 Å². The average Bonchev–Trinajstić information content (AvgIpc) is 2.76. The Balaban J connectivity index is 2.03. The van der Waals surface area contributed by atoms with Crippen molar-refractivity contribution < 1.29 is 0 Å². The lowest BCUT2D eigenvalue weighted by molar-refractivity contribution is 0.787. The highest BCUT2D eigenvalue weighted by molar-refractivity contribution is 6.28. The Hall–Kier alpha value is -1.80. The molecule has 0 aromatic carbocycles. The second-order valence-electron chi connectivity index (χ2n) is 3.53. The molecule has 2 aromatic rings. The number of nitrogens with one attached hydrogen (secondary N) is 2. The van der Waals surface area contributed by atoms with E-state index < -0.39 is 0 Å². The smallest absolute Gasteiger partial charge is 0.226 e. The molecule has 0 aliphatic rings. The molecule has 0 bridgehead atoms. The van der Waals surface area contributed by atoms with E-state index in [1.165, 1.54) is 0 Å². The molecule has 0 radical (unpaired) electrons. The van der Waals surface area contributed by atoms with Crippen molar-refractivity contribution in [2.75, 3.05) is 11.9 Å². The number of anilines is 1. The van der Waals surface area contributed by atoms with Gasteiger partial charge < -0.3 is 10.3 Å². The normalized spacial score (nSPS) is 10.4. The number of aromatic nitrogens is 4. The molecule has 88 valence electrons. The molecule has 17 heavy (non-hydrogen) atoms. The summed E-state index contributed by atoms with van der Waals surface area (Å²) in [5.74, 6) is 3.29. The van der Waals surface area contributed by atoms with Crippen LogP contribution < -0.4 is 5.32 Å². The van der Waals surface area contributed by atoms with Crippen molar-refractivity contribution >= 4 is 28.6 Å². The predicted molar refractivity (Wildman–Crippen MR) is 67.9 cm³/mol. The molecule has 2 N–H and O–H groups in total. The van der Waals surface area contributed by atoms with Crippen LogP contribution in [0.15, 0.2) is 6.33 Å². The summed E-state index contributed by atoms with van der Waals surface area (Å²) >= 11 is 5.80. The Bertz CT molecular complexity index is 542. The number of imidazole rings is 1. The molecule has 2 heterocycles. The van der Waals surface area contributed by atoms with Crippen molar-refractivity contribution in [3.05, 3.63) is 11.6 Å². The van der Waals surface area contributed by atoms with Gasteiger partial charge in [0.25, 0.3) is 0 Å². The molecule has 5 nitrogen and oxygen atoms in total. The van der Waals surface area contributed by atoms with E-state index >= 15 is 0 Å². The Morgan fingerprint density at radius 2 is 2.29 bits per heavy atom. The highest BCUT2D eigenvalue weighted by Crippen LogP contribution is 2.18. The summed E-state index contributed by atoms with van der Waals surface area (Å²) in [7, 11) is 0. The van der Waals surface area contributed by atoms with Crippen LogP contribution in [0.25, 0.3) is 11.2 Å². The van der Waals surface area contributed by atoms with Crippen LogP contribution in [0.4, 0.5) is 5.82 Å². The van der Waals surface area contributed by atoms with E-state index in [2.05, 4.69) is 31.2 Å². The van der Waals surface area contributed by atoms with E-state index in [-0.39, 0.29) is 5.28 Å². The van der Waals surface area contributed by atoms with Gasteiger partial charge in [0.2, 0.25) is 5.28 Å². The number of H-pyrrole nitrogens is 1. The number of rotatable bonds is 5. The minimum absolute atomic E-state index is 0.190. The lowest BCUT2D eigenvalue weighted by atomic mass is 10.2. The van der Waals surface area contributed by atoms with Gasteiger partial charge in [0.05, 0.1) is 6.33 Å². The first-order chi connectivity index (χ1) is 8.31. The van der Waals surface area contributed by atoms with Gasteiger partial charge >= 0.3 is 0 Å². The molecule has 0 amide bonds. The first-order valence-corrected chi connectivity index (χ1v) is 5.73. The van der Waals surface area contributed by atoms with Crippen LogP contribution in [0, 0.1) is 12.3 Å². The van der Waals surface area contributed by atoms with Crippen LogP contribution in [0.1, 0.15) is 19.3 Å². The number of unbranched alkanes of at least 4 members (excludes halogenated alkanes) is 2. The number of terminal acetylenes is 1. The van der Waals surface area contributed by atoms with E-state index in [1.807, 2.05) is 0 Å². The topological polar surface area (TPSA) is 66.5 Å². The minimum atomic E-state index is 0.190. The van der Waals surface area contributed by atoms with Crippen LogP contribution in [-0.4, -0.2) is 26.5 Å². The number of fused-ring (bicyclic) bond motifs is 1. The van der Waals surface area contributed by atoms with Gasteiger partial charge in [-0.05, 0) is 24.4 Å². The lowest BCUT2D eigenvalue weighted by Crippen LogP contribution is -2.04. The fourth-order valence-electron chi connectivity index (χ4n) is 1.49. The molecule has 0 atom stereocenters. The summed E-state index contributed by atoms with van der Waals surface area (Å²) in [6.45, 7) is 0.795. The molecule has 0 spiro atoms. The van der Waals surface area contributed by atoms with Crippen molar-refractivity contribution in [2.24, 2.45) is 0 Å². The quantitative estimate of drug-likeness (QED) is 0.484. The number of hydrogen-bond donors (Lipinski definition) is 2. The third-order valence-electron chi connectivity index (χ3n) is 2.30. The lowest BCUT2D eigenvalue weighted by Gasteiger charge is -2.05. The summed E-state index contributed by atoms with van der Waals surface area (Å²) in [6.07, 6.45) is 9.53. The summed E-state index contributed by atoms with van der Waals surface area (Å²) in [6, 6.07) is 0. The van der Waals surface area contributed by atoms with Gasteiger partial charge in [0.1, 0.15) is 5.52 Å². The third-order valence-corrected chi connectivity index (χ3v) is 2.47. The van der Waals surface area contributed by atoms with E-state index in [4.69, 9.17) is 18.0 Å². The van der Waals surface area contributed by atoms with Gasteiger partial charge in [-0.3, -0.25) is 0 Å². The fraction of sp³-hybridized carbons (Fsp3) is 0.364. The van der Waals surface area contributed by atoms with Crippen LogP contribution in [-0.2, 0) is 0 Å². The van der Waals surface area contributed by atoms with Crippen LogP contribution >= 0.6 is 11.6 Å². The second-order valence-corrected chi connectivity index (χ2v) is 3.87. The SMILES string of the molecule is C#CCCCCNc1nc(Cl)nc2nc[nH]c12. The van der Waals surface area contributed by atoms with E-state index in [0.717, 1.165) is 31.3 Å². The standard InChI is InChI=1S/C11H12ClN5/c1-2-3-4-5-6-13-9-8-10(15-7-14-8)17-11(12)16-9/h1,7H,3-6H2,(H2,13,14,15,16,17). The van der Waals surface area contributed by atoms with Gasteiger partial charge in [-0.2, -0.15) is 9.97 Å². The Labute approximate surface area is 104 Å². The monoisotopic (exact) mass is 249 g/mol. The minimum Gasteiger partial charge on any atom is -0.368 e. The van der Waals surface area contributed by atoms with Gasteiger partial charge in [-0.25, -0.2) is 4.98 Å². The molecule has 0 aliphatic heterocycles. The maximum atomic E-state index is 5.80. The summed E-state index contributed by atoms with van der Waals surface area (Å²) in [4.78, 5) is 15.1. The maximum Gasteiger partial charge on any atom is 0.226 e. The van der Waals surface area contributed by atoms with E-state index in [9.17, 15) is 0 Å². The summed E-state index contributed by atoms with van der Waals surface area (Å²) < 4.78 is 0. The number of aromatic amines is 1. The molecular weight excluding hydrogens is 238 g/mol. The molecule has 2 aromatic heterocycles. The number of halogens is 1. The van der Waals surface area contributed by atoms with Gasteiger partial charge in [0, 0.05) is 13.0 Å². The first kappa shape index (κ1) is 11.7. The van der Waals surface area contributed by atoms with Crippen molar-refractivity contribution in [1.82, 2.24) is 19.9 Å². The Morgan fingerprint density at radius 1 is 1.41 bits per heavy atom. The second kappa shape index (κ2) is 5.51. The van der Waals surface area contributed by atoms with Gasteiger partial charge in [-0.1, -0.05) is 0 Å².